The molecule has 0 spiro atoms. The van der Waals surface area contributed by atoms with Gasteiger partial charge in [-0.05, 0) is 79.4 Å². The van der Waals surface area contributed by atoms with Crippen molar-refractivity contribution in [1.29, 1.82) is 0 Å². The number of sulfonamides is 1. The monoisotopic (exact) mass is 454 g/mol. The number of hydrogen-bond acceptors (Lipinski definition) is 5. The molecule has 1 unspecified atom stereocenters. The molecular weight excluding hydrogens is 431 g/mol. The summed E-state index contributed by atoms with van der Waals surface area (Å²) in [6, 6.07) is 14.2. The fraction of sp³-hybridized carbons (Fsp3) is 0.217. The predicted molar refractivity (Wildman–Crippen MR) is 119 cm³/mol. The molecule has 2 heterocycles. The van der Waals surface area contributed by atoms with E-state index in [1.807, 2.05) is 30.0 Å². The van der Waals surface area contributed by atoms with Gasteiger partial charge >= 0.3 is 0 Å². The highest BCUT2D eigenvalue weighted by molar-refractivity contribution is 7.89. The zero-order valence-electron chi connectivity index (χ0n) is 17.4. The van der Waals surface area contributed by atoms with Crippen LogP contribution in [0.15, 0.2) is 65.7 Å². The molecule has 2 aromatic carbocycles. The second-order valence-corrected chi connectivity index (χ2v) is 9.39. The van der Waals surface area contributed by atoms with Gasteiger partial charge in [0.2, 0.25) is 0 Å². The van der Waals surface area contributed by atoms with Crippen molar-refractivity contribution in [1.82, 2.24) is 20.6 Å². The molecule has 9 heteroatoms. The van der Waals surface area contributed by atoms with Crippen LogP contribution in [-0.4, -0.2) is 32.4 Å². The molecule has 1 atom stereocenters. The molecule has 1 aliphatic rings. The Kier molecular flexibility index (Phi) is 6.31. The molecule has 0 saturated carbocycles. The van der Waals surface area contributed by atoms with Crippen molar-refractivity contribution in [2.45, 2.75) is 24.2 Å². The van der Waals surface area contributed by atoms with Gasteiger partial charge in [-0.3, -0.25) is 15.2 Å². The summed E-state index contributed by atoms with van der Waals surface area (Å²) in [4.78, 5) is 18.5. The molecule has 3 N–H and O–H groups in total. The first-order chi connectivity index (χ1) is 15.3. The third kappa shape index (κ3) is 4.85. The summed E-state index contributed by atoms with van der Waals surface area (Å²) in [6.07, 6.45) is 2.82. The Morgan fingerprint density at radius 2 is 1.97 bits per heavy atom. The number of rotatable bonds is 6. The van der Waals surface area contributed by atoms with Gasteiger partial charge < -0.3 is 5.32 Å². The van der Waals surface area contributed by atoms with Crippen LogP contribution < -0.4 is 15.6 Å². The highest BCUT2D eigenvalue weighted by Crippen LogP contribution is 2.27. The lowest BCUT2D eigenvalue weighted by Crippen LogP contribution is -2.41. The molecule has 0 aliphatic carbocycles. The number of aryl methyl sites for hydroxylation is 1. The maximum Gasteiger partial charge on any atom is 0.266 e. The van der Waals surface area contributed by atoms with E-state index in [1.54, 1.807) is 18.3 Å². The standard InChI is InChI=1S/C23H23FN4O3S/c1-15-10-18(21-13-16(7-9-26-21)17-6-8-25-14-17)12-19(11-15)23(29)27-28-32(30,31)22-5-3-2-4-20(22)24/h2-5,7,9-13,17,25,28H,6,8,14H2,1H3,(H,27,29). The van der Waals surface area contributed by atoms with Crippen molar-refractivity contribution in [3.05, 3.63) is 83.3 Å². The molecule has 0 bridgehead atoms. The summed E-state index contributed by atoms with van der Waals surface area (Å²) in [5, 5.41) is 3.35. The average molecular weight is 455 g/mol. The van der Waals surface area contributed by atoms with Crippen molar-refractivity contribution < 1.29 is 17.6 Å². The lowest BCUT2D eigenvalue weighted by atomic mass is 9.96. The minimum Gasteiger partial charge on any atom is -0.316 e. The van der Waals surface area contributed by atoms with Crippen molar-refractivity contribution in [3.8, 4) is 11.3 Å². The first-order valence-corrected chi connectivity index (χ1v) is 11.7. The van der Waals surface area contributed by atoms with Gasteiger partial charge in [-0.25, -0.2) is 12.8 Å². The van der Waals surface area contributed by atoms with Gasteiger partial charge in [0.1, 0.15) is 10.7 Å². The van der Waals surface area contributed by atoms with E-state index >= 15 is 0 Å². The molecule has 166 valence electrons. The maximum atomic E-state index is 13.8. The van der Waals surface area contributed by atoms with Crippen LogP contribution in [0.5, 0.6) is 0 Å². The average Bonchev–Trinajstić information content (AvgIpc) is 3.32. The number of nitrogens with one attached hydrogen (secondary N) is 3. The van der Waals surface area contributed by atoms with Gasteiger partial charge in [-0.15, -0.1) is 4.83 Å². The van der Waals surface area contributed by atoms with Crippen LogP contribution in [-0.2, 0) is 10.0 Å². The van der Waals surface area contributed by atoms with E-state index < -0.39 is 26.6 Å². The van der Waals surface area contributed by atoms with E-state index in [4.69, 9.17) is 0 Å². The molecule has 1 saturated heterocycles. The summed E-state index contributed by atoms with van der Waals surface area (Å²) in [6.45, 7) is 3.75. The summed E-state index contributed by atoms with van der Waals surface area (Å²) < 4.78 is 38.5. The van der Waals surface area contributed by atoms with Gasteiger partial charge in [0, 0.05) is 23.9 Å². The number of benzene rings is 2. The number of nitrogens with zero attached hydrogens (tertiary/aromatic N) is 1. The Morgan fingerprint density at radius 3 is 2.72 bits per heavy atom. The number of amides is 1. The van der Waals surface area contributed by atoms with Crippen molar-refractivity contribution in [2.75, 3.05) is 13.1 Å². The van der Waals surface area contributed by atoms with Crippen LogP contribution in [0.3, 0.4) is 0 Å². The third-order valence-corrected chi connectivity index (χ3v) is 6.66. The minimum absolute atomic E-state index is 0.256. The van der Waals surface area contributed by atoms with Crippen LogP contribution in [0.1, 0.15) is 33.8 Å². The summed E-state index contributed by atoms with van der Waals surface area (Å²) in [7, 11) is -4.26. The van der Waals surface area contributed by atoms with E-state index in [9.17, 15) is 17.6 Å². The number of pyridine rings is 1. The largest absolute Gasteiger partial charge is 0.316 e. The first-order valence-electron chi connectivity index (χ1n) is 10.2. The molecule has 32 heavy (non-hydrogen) atoms. The van der Waals surface area contributed by atoms with Gasteiger partial charge in [0.25, 0.3) is 15.9 Å². The fourth-order valence-corrected chi connectivity index (χ4v) is 4.68. The van der Waals surface area contributed by atoms with Crippen LogP contribution in [0.2, 0.25) is 0 Å². The third-order valence-electron chi connectivity index (χ3n) is 5.38. The zero-order chi connectivity index (χ0) is 22.7. The van der Waals surface area contributed by atoms with Crippen molar-refractivity contribution in [2.24, 2.45) is 0 Å². The smallest absolute Gasteiger partial charge is 0.266 e. The van der Waals surface area contributed by atoms with E-state index in [1.165, 1.54) is 17.7 Å². The Balaban J connectivity index is 1.54. The lowest BCUT2D eigenvalue weighted by molar-refractivity contribution is 0.0945. The zero-order valence-corrected chi connectivity index (χ0v) is 18.2. The molecule has 0 radical (unpaired) electrons. The molecule has 1 amide bonds. The maximum absolute atomic E-state index is 13.8. The van der Waals surface area contributed by atoms with E-state index in [-0.39, 0.29) is 5.56 Å². The van der Waals surface area contributed by atoms with Gasteiger partial charge in [0.05, 0.1) is 5.69 Å². The molecule has 4 rings (SSSR count). The van der Waals surface area contributed by atoms with Crippen LogP contribution in [0.4, 0.5) is 4.39 Å². The number of carbonyl (C=O) groups excluding carboxylic acids is 1. The Labute approximate surface area is 186 Å². The highest BCUT2D eigenvalue weighted by atomic mass is 32.2. The van der Waals surface area contributed by atoms with Gasteiger partial charge in [0.15, 0.2) is 0 Å². The number of carbonyl (C=O) groups is 1. The summed E-state index contributed by atoms with van der Waals surface area (Å²) >= 11 is 0. The van der Waals surface area contributed by atoms with E-state index in [2.05, 4.69) is 15.7 Å². The summed E-state index contributed by atoms with van der Waals surface area (Å²) in [5.41, 5.74) is 5.90. The minimum atomic E-state index is -4.26. The number of aromatic nitrogens is 1. The normalized spacial score (nSPS) is 16.1. The predicted octanol–water partition coefficient (Wildman–Crippen LogP) is 2.90. The molecule has 3 aromatic rings. The Hall–Kier alpha value is -3.14. The topological polar surface area (TPSA) is 100 Å². The quantitative estimate of drug-likeness (QED) is 0.498. The molecule has 1 fully saturated rings. The van der Waals surface area contributed by atoms with Crippen LogP contribution in [0, 0.1) is 12.7 Å². The highest BCUT2D eigenvalue weighted by Gasteiger charge is 2.20. The molecule has 1 aliphatic heterocycles. The lowest BCUT2D eigenvalue weighted by Gasteiger charge is -2.12. The Bertz CT molecular complexity index is 1260. The van der Waals surface area contributed by atoms with Crippen LogP contribution in [0.25, 0.3) is 11.3 Å². The van der Waals surface area contributed by atoms with Crippen molar-refractivity contribution >= 4 is 15.9 Å². The van der Waals surface area contributed by atoms with Gasteiger partial charge in [-0.2, -0.15) is 0 Å². The van der Waals surface area contributed by atoms with Crippen LogP contribution >= 0.6 is 0 Å². The number of halogens is 1. The number of hydrazine groups is 1. The fourth-order valence-electron chi connectivity index (χ4n) is 3.76. The second kappa shape index (κ2) is 9.15. The first kappa shape index (κ1) is 22.1. The SMILES string of the molecule is Cc1cc(C(=O)NNS(=O)(=O)c2ccccc2F)cc(-c2cc(C3CCNC3)ccn2)c1. The summed E-state index contributed by atoms with van der Waals surface area (Å²) in [5.74, 6) is -1.14. The molecule has 7 nitrogen and oxygen atoms in total. The Morgan fingerprint density at radius 1 is 1.16 bits per heavy atom. The van der Waals surface area contributed by atoms with E-state index in [0.717, 1.165) is 48.5 Å². The van der Waals surface area contributed by atoms with Gasteiger partial charge in [-0.1, -0.05) is 12.1 Å². The number of hydrogen-bond donors (Lipinski definition) is 3. The van der Waals surface area contributed by atoms with Crippen molar-refractivity contribution in [3.63, 3.8) is 0 Å². The van der Waals surface area contributed by atoms with E-state index in [0.29, 0.717) is 5.92 Å². The molecular formula is C23H23FN4O3S. The molecule has 1 aromatic heterocycles. The second-order valence-electron chi connectivity index (χ2n) is 7.74.